The van der Waals surface area contributed by atoms with Gasteiger partial charge in [0.1, 0.15) is 28.7 Å². The fourth-order valence-corrected chi connectivity index (χ4v) is 3.74. The molecule has 0 radical (unpaired) electrons. The van der Waals surface area contributed by atoms with Crippen molar-refractivity contribution < 1.29 is 18.8 Å². The zero-order valence-corrected chi connectivity index (χ0v) is 18.0. The van der Waals surface area contributed by atoms with Crippen molar-refractivity contribution in [3.05, 3.63) is 53.8 Å². The third kappa shape index (κ3) is 4.78. The molecule has 3 aromatic rings. The maximum atomic E-state index is 13.7. The molecular weight excluding hydrogens is 399 g/mol. The van der Waals surface area contributed by atoms with Gasteiger partial charge in [-0.1, -0.05) is 37.7 Å². The lowest BCUT2D eigenvalue weighted by Gasteiger charge is -2.33. The van der Waals surface area contributed by atoms with E-state index in [4.69, 9.17) is 9.57 Å². The monoisotopic (exact) mass is 426 g/mol. The Morgan fingerprint density at radius 3 is 2.65 bits per heavy atom. The van der Waals surface area contributed by atoms with Gasteiger partial charge in [0, 0.05) is 31.5 Å². The van der Waals surface area contributed by atoms with Crippen LogP contribution in [-0.4, -0.2) is 51.8 Å². The topological polar surface area (TPSA) is 69.5 Å². The normalized spacial score (nSPS) is 15.3. The lowest BCUT2D eigenvalue weighted by atomic mass is 9.86. The molecule has 0 unspecified atom stereocenters. The molecule has 1 aliphatic heterocycles. The summed E-state index contributed by atoms with van der Waals surface area (Å²) in [6.45, 7) is 7.16. The van der Waals surface area contributed by atoms with E-state index >= 15 is 0 Å². The van der Waals surface area contributed by atoms with Crippen LogP contribution in [-0.2, 0) is 10.2 Å². The first-order valence-electron chi connectivity index (χ1n) is 10.5. The van der Waals surface area contributed by atoms with Crippen LogP contribution in [0.5, 0.6) is 5.75 Å². The number of benzene rings is 2. The van der Waals surface area contributed by atoms with Crippen molar-refractivity contribution in [3.63, 3.8) is 0 Å². The van der Waals surface area contributed by atoms with Crippen molar-refractivity contribution in [2.24, 2.45) is 0 Å². The minimum atomic E-state index is -0.266. The number of fused-ring (bicyclic) bond motifs is 1. The zero-order valence-electron chi connectivity index (χ0n) is 18.0. The Hall–Kier alpha value is -3.16. The lowest BCUT2D eigenvalue weighted by Crippen LogP contribution is -2.44. The van der Waals surface area contributed by atoms with Crippen LogP contribution in [0.2, 0.25) is 0 Å². The zero-order chi connectivity index (χ0) is 22.0. The number of likely N-dealkylation sites (tertiary alicyclic amines) is 1. The molecule has 1 amide bonds. The Morgan fingerprint density at radius 1 is 1.16 bits per heavy atom. The number of hydrogen-bond acceptors (Lipinski definition) is 5. The standard InChI is InChI=1S/C23H27FN4O3/c1-23(2,3)18-14-16(24)8-9-21(18)31-17-10-12-27(13-11-17)22(29)15-30-28-20-7-5-4-6-19(20)25-26-28/h4-9,14,17H,10-13,15H2,1-3H3. The minimum absolute atomic E-state index is 0.0178. The van der Waals surface area contributed by atoms with Gasteiger partial charge in [-0.2, -0.15) is 0 Å². The molecule has 31 heavy (non-hydrogen) atoms. The largest absolute Gasteiger partial charge is 0.490 e. The highest BCUT2D eigenvalue weighted by Gasteiger charge is 2.27. The summed E-state index contributed by atoms with van der Waals surface area (Å²) in [6.07, 6.45) is 1.40. The van der Waals surface area contributed by atoms with Crippen LogP contribution < -0.4 is 9.57 Å². The van der Waals surface area contributed by atoms with Gasteiger partial charge in [-0.3, -0.25) is 4.79 Å². The summed E-state index contributed by atoms with van der Waals surface area (Å²) in [6, 6.07) is 12.1. The van der Waals surface area contributed by atoms with Crippen molar-refractivity contribution in [2.75, 3.05) is 19.7 Å². The SMILES string of the molecule is CC(C)(C)c1cc(F)ccc1OC1CCN(C(=O)COn2nnc3ccccc32)CC1. The van der Waals surface area contributed by atoms with Crippen LogP contribution in [0.25, 0.3) is 11.0 Å². The highest BCUT2D eigenvalue weighted by atomic mass is 19.1. The highest BCUT2D eigenvalue weighted by Crippen LogP contribution is 2.33. The Kier molecular flexibility index (Phi) is 5.80. The van der Waals surface area contributed by atoms with Crippen LogP contribution >= 0.6 is 0 Å². The Morgan fingerprint density at radius 2 is 1.90 bits per heavy atom. The van der Waals surface area contributed by atoms with Crippen molar-refractivity contribution in [2.45, 2.75) is 45.1 Å². The fourth-order valence-electron chi connectivity index (χ4n) is 3.74. The molecule has 0 atom stereocenters. The summed E-state index contributed by atoms with van der Waals surface area (Å²) in [7, 11) is 0. The molecule has 164 valence electrons. The number of para-hydroxylation sites is 1. The van der Waals surface area contributed by atoms with E-state index in [-0.39, 0.29) is 29.9 Å². The summed E-state index contributed by atoms with van der Waals surface area (Å²) >= 11 is 0. The molecule has 7 nitrogen and oxygen atoms in total. The number of halogens is 1. The van der Waals surface area contributed by atoms with Crippen LogP contribution in [0.3, 0.4) is 0 Å². The molecule has 0 spiro atoms. The van der Waals surface area contributed by atoms with Gasteiger partial charge in [-0.05, 0) is 41.0 Å². The fraction of sp³-hybridized carbons (Fsp3) is 0.435. The summed E-state index contributed by atoms with van der Waals surface area (Å²) in [4.78, 5) is 21.2. The number of piperidine rings is 1. The molecular formula is C23H27FN4O3. The molecule has 1 aliphatic rings. The summed E-state index contributed by atoms with van der Waals surface area (Å²) in [5.74, 6) is 0.341. The molecule has 1 fully saturated rings. The molecule has 1 aromatic heterocycles. The van der Waals surface area contributed by atoms with E-state index in [1.807, 2.05) is 45.0 Å². The molecule has 2 heterocycles. The van der Waals surface area contributed by atoms with E-state index in [1.54, 1.807) is 17.0 Å². The molecule has 4 rings (SSSR count). The Balaban J connectivity index is 1.31. The number of carbonyl (C=O) groups excluding carboxylic acids is 1. The van der Waals surface area contributed by atoms with E-state index in [1.165, 1.54) is 10.9 Å². The predicted molar refractivity (Wildman–Crippen MR) is 114 cm³/mol. The molecule has 1 saturated heterocycles. The quantitative estimate of drug-likeness (QED) is 0.626. The molecule has 8 heteroatoms. The highest BCUT2D eigenvalue weighted by molar-refractivity contribution is 5.78. The maximum absolute atomic E-state index is 13.7. The second-order valence-corrected chi connectivity index (χ2v) is 8.81. The van der Waals surface area contributed by atoms with Gasteiger partial charge in [-0.25, -0.2) is 4.39 Å². The minimum Gasteiger partial charge on any atom is -0.490 e. The molecule has 0 saturated carbocycles. The first-order valence-corrected chi connectivity index (χ1v) is 10.5. The summed E-state index contributed by atoms with van der Waals surface area (Å²) in [5.41, 5.74) is 2.05. The first kappa shape index (κ1) is 21.1. The molecule has 0 bridgehead atoms. The lowest BCUT2D eigenvalue weighted by molar-refractivity contribution is -0.138. The van der Waals surface area contributed by atoms with E-state index in [0.717, 1.165) is 11.1 Å². The average Bonchev–Trinajstić information content (AvgIpc) is 3.16. The number of aromatic nitrogens is 3. The molecule has 0 aliphatic carbocycles. The number of rotatable bonds is 5. The van der Waals surface area contributed by atoms with Crippen LogP contribution in [0.15, 0.2) is 42.5 Å². The van der Waals surface area contributed by atoms with Gasteiger partial charge in [-0.15, -0.1) is 5.10 Å². The van der Waals surface area contributed by atoms with Crippen LogP contribution in [0, 0.1) is 5.82 Å². The summed E-state index contributed by atoms with van der Waals surface area (Å²) < 4.78 is 19.9. The third-order valence-electron chi connectivity index (χ3n) is 5.47. The van der Waals surface area contributed by atoms with E-state index in [0.29, 0.717) is 37.2 Å². The second kappa shape index (κ2) is 8.53. The predicted octanol–water partition coefficient (Wildman–Crippen LogP) is 3.37. The second-order valence-electron chi connectivity index (χ2n) is 8.81. The van der Waals surface area contributed by atoms with Crippen molar-refractivity contribution in [1.82, 2.24) is 20.1 Å². The number of nitrogens with zero attached hydrogens (tertiary/aromatic N) is 4. The van der Waals surface area contributed by atoms with Gasteiger partial charge in [0.15, 0.2) is 6.61 Å². The smallest absolute Gasteiger partial charge is 0.263 e. The van der Waals surface area contributed by atoms with Crippen LogP contribution in [0.4, 0.5) is 4.39 Å². The molecule has 2 aromatic carbocycles. The van der Waals surface area contributed by atoms with Gasteiger partial charge < -0.3 is 14.5 Å². The van der Waals surface area contributed by atoms with Crippen molar-refractivity contribution >= 4 is 16.9 Å². The van der Waals surface area contributed by atoms with Gasteiger partial charge in [0.2, 0.25) is 0 Å². The van der Waals surface area contributed by atoms with Gasteiger partial charge in [0.25, 0.3) is 5.91 Å². The van der Waals surface area contributed by atoms with E-state index < -0.39 is 0 Å². The Labute approximate surface area is 180 Å². The number of ether oxygens (including phenoxy) is 1. The maximum Gasteiger partial charge on any atom is 0.263 e. The van der Waals surface area contributed by atoms with Crippen molar-refractivity contribution in [1.29, 1.82) is 0 Å². The van der Waals surface area contributed by atoms with Crippen LogP contribution in [0.1, 0.15) is 39.2 Å². The number of hydrogen-bond donors (Lipinski definition) is 0. The number of carbonyl (C=O) groups is 1. The Bertz CT molecular complexity index is 1070. The first-order chi connectivity index (χ1) is 14.8. The third-order valence-corrected chi connectivity index (χ3v) is 5.47. The van der Waals surface area contributed by atoms with Gasteiger partial charge in [0.05, 0.1) is 0 Å². The number of amides is 1. The van der Waals surface area contributed by atoms with Crippen molar-refractivity contribution in [3.8, 4) is 5.75 Å². The van der Waals surface area contributed by atoms with E-state index in [2.05, 4.69) is 10.3 Å². The molecule has 0 N–H and O–H groups in total. The van der Waals surface area contributed by atoms with E-state index in [9.17, 15) is 9.18 Å². The average molecular weight is 426 g/mol. The summed E-state index contributed by atoms with van der Waals surface area (Å²) in [5, 5.41) is 7.94. The van der Waals surface area contributed by atoms with Gasteiger partial charge >= 0.3 is 0 Å².